The summed E-state index contributed by atoms with van der Waals surface area (Å²) in [5.41, 5.74) is 7.77. The Balaban J connectivity index is 2.99. The molecule has 0 radical (unpaired) electrons. The molecule has 0 saturated heterocycles. The first kappa shape index (κ1) is 16.5. The highest BCUT2D eigenvalue weighted by molar-refractivity contribution is 5.97. The van der Waals surface area contributed by atoms with Crippen molar-refractivity contribution < 1.29 is 4.79 Å². The van der Waals surface area contributed by atoms with Gasteiger partial charge in [0.15, 0.2) is 5.69 Å². The van der Waals surface area contributed by atoms with Crippen LogP contribution in [0.4, 0.5) is 5.69 Å². The van der Waals surface area contributed by atoms with E-state index in [0.717, 1.165) is 31.5 Å². The highest BCUT2D eigenvalue weighted by Crippen LogP contribution is 2.24. The summed E-state index contributed by atoms with van der Waals surface area (Å²) in [6.07, 6.45) is 2.99. The minimum Gasteiger partial charge on any atom is -0.395 e. The third kappa shape index (κ3) is 3.52. The van der Waals surface area contributed by atoms with Crippen molar-refractivity contribution in [2.24, 2.45) is 0 Å². The molecular formula is C15H28N4O. The molecule has 1 unspecified atom stereocenters. The van der Waals surface area contributed by atoms with E-state index in [2.05, 4.69) is 31.0 Å². The van der Waals surface area contributed by atoms with Crippen LogP contribution in [0.5, 0.6) is 0 Å². The number of anilines is 1. The van der Waals surface area contributed by atoms with E-state index >= 15 is 0 Å². The summed E-state index contributed by atoms with van der Waals surface area (Å²) in [6.45, 7) is 11.1. The molecule has 1 aromatic heterocycles. The normalized spacial score (nSPS) is 12.7. The molecule has 20 heavy (non-hydrogen) atoms. The third-order valence-electron chi connectivity index (χ3n) is 3.75. The number of H-pyrrole nitrogens is 1. The van der Waals surface area contributed by atoms with Gasteiger partial charge >= 0.3 is 0 Å². The van der Waals surface area contributed by atoms with Gasteiger partial charge in [-0.05, 0) is 25.7 Å². The average molecular weight is 280 g/mol. The molecule has 0 aromatic carbocycles. The lowest BCUT2D eigenvalue weighted by atomic mass is 10.1. The van der Waals surface area contributed by atoms with Crippen molar-refractivity contribution in [1.29, 1.82) is 0 Å². The van der Waals surface area contributed by atoms with E-state index in [1.807, 2.05) is 18.7 Å². The van der Waals surface area contributed by atoms with Crippen molar-refractivity contribution in [2.45, 2.75) is 65.8 Å². The number of amides is 1. The third-order valence-corrected chi connectivity index (χ3v) is 3.75. The van der Waals surface area contributed by atoms with Crippen LogP contribution >= 0.6 is 0 Å². The zero-order valence-corrected chi connectivity index (χ0v) is 13.4. The summed E-state index contributed by atoms with van der Waals surface area (Å²) in [6, 6.07) is 0.202. The van der Waals surface area contributed by atoms with E-state index in [4.69, 9.17) is 5.73 Å². The molecule has 0 aliphatic heterocycles. The molecule has 0 aliphatic rings. The first-order chi connectivity index (χ1) is 9.43. The molecule has 0 fully saturated rings. The van der Waals surface area contributed by atoms with Crippen LogP contribution in [0.1, 0.15) is 76.0 Å². The topological polar surface area (TPSA) is 75.0 Å². The maximum Gasteiger partial charge on any atom is 0.276 e. The average Bonchev–Trinajstić information content (AvgIpc) is 2.80. The Morgan fingerprint density at radius 1 is 1.35 bits per heavy atom. The predicted octanol–water partition coefficient (Wildman–Crippen LogP) is 3.16. The fraction of sp³-hybridized carbons (Fsp3) is 0.733. The van der Waals surface area contributed by atoms with E-state index in [0.29, 0.717) is 11.4 Å². The zero-order valence-electron chi connectivity index (χ0n) is 13.4. The number of rotatable bonds is 7. The first-order valence-corrected chi connectivity index (χ1v) is 7.58. The first-order valence-electron chi connectivity index (χ1n) is 7.58. The number of nitrogen functional groups attached to an aromatic ring is 1. The Morgan fingerprint density at radius 3 is 2.45 bits per heavy atom. The van der Waals surface area contributed by atoms with Gasteiger partial charge in [-0.1, -0.05) is 34.1 Å². The van der Waals surface area contributed by atoms with Gasteiger partial charge in [-0.15, -0.1) is 0 Å². The lowest BCUT2D eigenvalue weighted by molar-refractivity contribution is 0.0680. The van der Waals surface area contributed by atoms with Gasteiger partial charge in [-0.3, -0.25) is 9.89 Å². The van der Waals surface area contributed by atoms with Gasteiger partial charge in [0.25, 0.3) is 5.91 Å². The van der Waals surface area contributed by atoms with Gasteiger partial charge < -0.3 is 10.6 Å². The molecule has 1 atom stereocenters. The van der Waals surface area contributed by atoms with Crippen LogP contribution < -0.4 is 5.73 Å². The van der Waals surface area contributed by atoms with E-state index < -0.39 is 0 Å². The molecule has 0 spiro atoms. The van der Waals surface area contributed by atoms with Crippen LogP contribution in [0.2, 0.25) is 0 Å². The molecule has 0 aliphatic carbocycles. The van der Waals surface area contributed by atoms with Gasteiger partial charge in [0.1, 0.15) is 0 Å². The smallest absolute Gasteiger partial charge is 0.276 e. The van der Waals surface area contributed by atoms with Crippen molar-refractivity contribution in [3.8, 4) is 0 Å². The second kappa shape index (κ2) is 7.31. The molecular weight excluding hydrogens is 252 g/mol. The molecule has 1 rings (SSSR count). The van der Waals surface area contributed by atoms with Crippen LogP contribution in [0.25, 0.3) is 0 Å². The zero-order chi connectivity index (χ0) is 15.3. The van der Waals surface area contributed by atoms with Gasteiger partial charge in [-0.25, -0.2) is 0 Å². The number of aromatic amines is 1. The van der Waals surface area contributed by atoms with Crippen LogP contribution in [0, 0.1) is 0 Å². The predicted molar refractivity (Wildman–Crippen MR) is 82.8 cm³/mol. The minimum absolute atomic E-state index is 0.0616. The largest absolute Gasteiger partial charge is 0.395 e. The Labute approximate surface area is 121 Å². The second-order valence-electron chi connectivity index (χ2n) is 5.66. The highest BCUT2D eigenvalue weighted by atomic mass is 16.2. The Morgan fingerprint density at radius 2 is 2.00 bits per heavy atom. The van der Waals surface area contributed by atoms with Gasteiger partial charge in [0.05, 0.1) is 11.4 Å². The lowest BCUT2D eigenvalue weighted by Gasteiger charge is -2.28. The maximum atomic E-state index is 12.7. The number of unbranched alkanes of at least 4 members (excludes halogenated alkanes) is 1. The quantitative estimate of drug-likeness (QED) is 0.805. The summed E-state index contributed by atoms with van der Waals surface area (Å²) in [5, 5.41) is 7.04. The number of carbonyl (C=O) groups excluding carboxylic acids is 1. The summed E-state index contributed by atoms with van der Waals surface area (Å²) < 4.78 is 0. The van der Waals surface area contributed by atoms with Crippen molar-refractivity contribution >= 4 is 11.6 Å². The minimum atomic E-state index is -0.0616. The molecule has 114 valence electrons. The molecule has 5 nitrogen and oxygen atoms in total. The van der Waals surface area contributed by atoms with Crippen LogP contribution in [-0.4, -0.2) is 33.6 Å². The summed E-state index contributed by atoms with van der Waals surface area (Å²) >= 11 is 0. The van der Waals surface area contributed by atoms with Gasteiger partial charge in [-0.2, -0.15) is 5.10 Å². The Kier molecular flexibility index (Phi) is 6.05. The fourth-order valence-corrected chi connectivity index (χ4v) is 2.17. The van der Waals surface area contributed by atoms with Crippen molar-refractivity contribution in [1.82, 2.24) is 15.1 Å². The number of nitrogens with zero attached hydrogens (tertiary/aromatic N) is 2. The number of nitrogens with one attached hydrogen (secondary N) is 1. The molecule has 0 bridgehead atoms. The number of carbonyl (C=O) groups is 1. The van der Waals surface area contributed by atoms with Gasteiger partial charge in [0.2, 0.25) is 0 Å². The van der Waals surface area contributed by atoms with Crippen LogP contribution in [-0.2, 0) is 0 Å². The molecule has 1 heterocycles. The van der Waals surface area contributed by atoms with E-state index in [9.17, 15) is 4.79 Å². The second-order valence-corrected chi connectivity index (χ2v) is 5.66. The van der Waals surface area contributed by atoms with Crippen molar-refractivity contribution in [3.05, 3.63) is 11.4 Å². The number of nitrogens with two attached hydrogens (primary N) is 1. The number of hydrogen-bond donors (Lipinski definition) is 2. The molecule has 0 saturated carbocycles. The molecule has 3 N–H and O–H groups in total. The van der Waals surface area contributed by atoms with Crippen LogP contribution in [0.15, 0.2) is 0 Å². The Hall–Kier alpha value is -1.52. The number of aromatic nitrogens is 2. The highest BCUT2D eigenvalue weighted by Gasteiger charge is 2.26. The van der Waals surface area contributed by atoms with E-state index in [1.54, 1.807) is 0 Å². The van der Waals surface area contributed by atoms with Gasteiger partial charge in [0, 0.05) is 12.6 Å². The SMILES string of the molecule is CCCCN(C(=O)c1n[nH]c(C(C)C)c1N)C(C)CC. The standard InChI is InChI=1S/C15H28N4O/c1-6-8-9-19(11(5)7-2)15(20)14-12(16)13(10(3)4)17-18-14/h10-11H,6-9,16H2,1-5H3,(H,17,18). The monoisotopic (exact) mass is 280 g/mol. The van der Waals surface area contributed by atoms with E-state index in [1.165, 1.54) is 0 Å². The summed E-state index contributed by atoms with van der Waals surface area (Å²) in [7, 11) is 0. The van der Waals surface area contributed by atoms with Crippen LogP contribution in [0.3, 0.4) is 0 Å². The van der Waals surface area contributed by atoms with E-state index in [-0.39, 0.29) is 17.9 Å². The lowest BCUT2D eigenvalue weighted by Crippen LogP contribution is -2.39. The number of hydrogen-bond acceptors (Lipinski definition) is 3. The Bertz CT molecular complexity index is 439. The molecule has 1 aromatic rings. The molecule has 1 amide bonds. The summed E-state index contributed by atoms with van der Waals surface area (Å²) in [4.78, 5) is 14.6. The maximum absolute atomic E-state index is 12.7. The van der Waals surface area contributed by atoms with Crippen molar-refractivity contribution in [3.63, 3.8) is 0 Å². The molecule has 5 heteroatoms. The summed E-state index contributed by atoms with van der Waals surface area (Å²) in [5.74, 6) is 0.171. The fourth-order valence-electron chi connectivity index (χ4n) is 2.17. The van der Waals surface area contributed by atoms with Crippen molar-refractivity contribution in [2.75, 3.05) is 12.3 Å².